The summed E-state index contributed by atoms with van der Waals surface area (Å²) in [6.07, 6.45) is 6.87. The molecule has 0 aromatic heterocycles. The number of guanidine groups is 1. The molecule has 4 nitrogen and oxygen atoms in total. The third kappa shape index (κ3) is 5.21. The number of rotatable bonds is 6. The van der Waals surface area contributed by atoms with E-state index < -0.39 is 5.54 Å². The van der Waals surface area contributed by atoms with E-state index in [2.05, 4.69) is 43.3 Å². The quantitative estimate of drug-likeness (QED) is 0.727. The van der Waals surface area contributed by atoms with E-state index in [9.17, 15) is 4.79 Å². The molecule has 0 aliphatic carbocycles. The van der Waals surface area contributed by atoms with Gasteiger partial charge in [0, 0.05) is 5.54 Å². The first-order valence-electron chi connectivity index (χ1n) is 7.46. The predicted molar refractivity (Wildman–Crippen MR) is 80.2 cm³/mol. The lowest BCUT2D eigenvalue weighted by atomic mass is 9.94. The van der Waals surface area contributed by atoms with Crippen LogP contribution in [-0.4, -0.2) is 22.9 Å². The number of hydrogen-bond donors (Lipinski definition) is 2. The number of nitrogens with zero attached hydrogens (tertiary/aromatic N) is 1. The van der Waals surface area contributed by atoms with Crippen molar-refractivity contribution in [3.05, 3.63) is 0 Å². The van der Waals surface area contributed by atoms with Crippen molar-refractivity contribution in [2.24, 2.45) is 4.99 Å². The zero-order valence-corrected chi connectivity index (χ0v) is 13.1. The van der Waals surface area contributed by atoms with Gasteiger partial charge in [0.25, 0.3) is 5.91 Å². The molecule has 0 saturated heterocycles. The number of nitrogens with one attached hydrogen (secondary N) is 2. The Morgan fingerprint density at radius 2 is 1.84 bits per heavy atom. The first kappa shape index (κ1) is 16.0. The van der Waals surface area contributed by atoms with Crippen molar-refractivity contribution in [3.63, 3.8) is 0 Å². The van der Waals surface area contributed by atoms with E-state index in [4.69, 9.17) is 0 Å². The Morgan fingerprint density at radius 1 is 1.21 bits per heavy atom. The van der Waals surface area contributed by atoms with Crippen LogP contribution in [0.4, 0.5) is 0 Å². The van der Waals surface area contributed by atoms with E-state index in [0.717, 1.165) is 12.8 Å². The molecule has 0 spiro atoms. The van der Waals surface area contributed by atoms with Crippen molar-refractivity contribution in [2.45, 2.75) is 84.2 Å². The summed E-state index contributed by atoms with van der Waals surface area (Å²) in [4.78, 5) is 16.6. The summed E-state index contributed by atoms with van der Waals surface area (Å²) in [5, 5.41) is 6.09. The summed E-state index contributed by atoms with van der Waals surface area (Å²) in [6.45, 7) is 10.3. The minimum absolute atomic E-state index is 0.0229. The van der Waals surface area contributed by atoms with Gasteiger partial charge in [-0.25, -0.2) is 4.99 Å². The molecule has 110 valence electrons. The summed E-state index contributed by atoms with van der Waals surface area (Å²) >= 11 is 0. The lowest BCUT2D eigenvalue weighted by molar-refractivity contribution is -0.123. The van der Waals surface area contributed by atoms with Gasteiger partial charge in [-0.05, 0) is 34.1 Å². The molecular weight excluding hydrogens is 238 g/mol. The second-order valence-corrected chi connectivity index (χ2v) is 6.73. The summed E-state index contributed by atoms with van der Waals surface area (Å²) < 4.78 is 0. The van der Waals surface area contributed by atoms with Gasteiger partial charge in [-0.1, -0.05) is 39.0 Å². The Morgan fingerprint density at radius 3 is 2.42 bits per heavy atom. The first-order chi connectivity index (χ1) is 8.77. The third-order valence-electron chi connectivity index (χ3n) is 3.34. The number of amides is 1. The van der Waals surface area contributed by atoms with Gasteiger partial charge in [-0.3, -0.25) is 10.1 Å². The second kappa shape index (κ2) is 6.40. The van der Waals surface area contributed by atoms with E-state index >= 15 is 0 Å². The molecule has 1 heterocycles. The van der Waals surface area contributed by atoms with Crippen LogP contribution in [0, 0.1) is 0 Å². The van der Waals surface area contributed by atoms with Crippen LogP contribution in [0.3, 0.4) is 0 Å². The third-order valence-corrected chi connectivity index (χ3v) is 3.34. The molecular formula is C15H29N3O. The topological polar surface area (TPSA) is 53.5 Å². The van der Waals surface area contributed by atoms with Crippen molar-refractivity contribution >= 4 is 11.9 Å². The lowest BCUT2D eigenvalue weighted by Crippen LogP contribution is -2.47. The number of unbranched alkanes of at least 4 members (excludes halogenated alkanes) is 4. The first-order valence-corrected chi connectivity index (χ1v) is 7.46. The molecule has 2 N–H and O–H groups in total. The summed E-state index contributed by atoms with van der Waals surface area (Å²) in [5.74, 6) is 0.642. The van der Waals surface area contributed by atoms with Crippen LogP contribution in [0.5, 0.6) is 0 Å². The van der Waals surface area contributed by atoms with Crippen molar-refractivity contribution in [3.8, 4) is 0 Å². The summed E-state index contributed by atoms with van der Waals surface area (Å²) in [6, 6.07) is 0. The van der Waals surface area contributed by atoms with E-state index in [0.29, 0.717) is 5.96 Å². The van der Waals surface area contributed by atoms with Crippen molar-refractivity contribution < 1.29 is 4.79 Å². The molecule has 1 unspecified atom stereocenters. The molecule has 1 atom stereocenters. The van der Waals surface area contributed by atoms with E-state index in [1.807, 2.05) is 6.92 Å². The lowest BCUT2D eigenvalue weighted by Gasteiger charge is -2.21. The van der Waals surface area contributed by atoms with Crippen LogP contribution in [0.15, 0.2) is 4.99 Å². The average molecular weight is 267 g/mol. The minimum atomic E-state index is -0.584. The van der Waals surface area contributed by atoms with E-state index in [-0.39, 0.29) is 11.4 Å². The Bertz CT molecular complexity index is 344. The average Bonchev–Trinajstić information content (AvgIpc) is 2.51. The number of carbonyl (C=O) groups is 1. The molecule has 0 bridgehead atoms. The van der Waals surface area contributed by atoms with E-state index in [1.165, 1.54) is 25.7 Å². The highest BCUT2D eigenvalue weighted by molar-refractivity contribution is 6.07. The Balaban J connectivity index is 2.48. The van der Waals surface area contributed by atoms with Crippen LogP contribution in [0.2, 0.25) is 0 Å². The zero-order valence-electron chi connectivity index (χ0n) is 13.1. The Kier molecular flexibility index (Phi) is 5.39. The van der Waals surface area contributed by atoms with Crippen molar-refractivity contribution in [2.75, 3.05) is 0 Å². The van der Waals surface area contributed by atoms with Crippen LogP contribution < -0.4 is 10.6 Å². The summed E-state index contributed by atoms with van der Waals surface area (Å²) in [5.41, 5.74) is -0.668. The van der Waals surface area contributed by atoms with Gasteiger partial charge in [-0.2, -0.15) is 0 Å². The number of aliphatic imine (C=N–C) groups is 1. The summed E-state index contributed by atoms with van der Waals surface area (Å²) in [7, 11) is 0. The van der Waals surface area contributed by atoms with Crippen LogP contribution in [-0.2, 0) is 4.79 Å². The zero-order chi connectivity index (χ0) is 14.5. The molecule has 4 heteroatoms. The Labute approximate surface area is 117 Å². The molecule has 19 heavy (non-hydrogen) atoms. The SMILES string of the molecule is CCCCCCCC1(C)N=C(NC(C)(C)C)NC1=O. The predicted octanol–water partition coefficient (Wildman–Crippen LogP) is 2.98. The highest BCUT2D eigenvalue weighted by Gasteiger charge is 2.39. The smallest absolute Gasteiger partial charge is 0.254 e. The molecule has 0 aromatic carbocycles. The fourth-order valence-corrected chi connectivity index (χ4v) is 2.22. The number of hydrogen-bond acceptors (Lipinski definition) is 3. The largest absolute Gasteiger partial charge is 0.351 e. The molecule has 1 aliphatic rings. The fourth-order valence-electron chi connectivity index (χ4n) is 2.22. The molecule has 0 saturated carbocycles. The van der Waals surface area contributed by atoms with Gasteiger partial charge in [0.1, 0.15) is 5.54 Å². The van der Waals surface area contributed by atoms with Crippen molar-refractivity contribution in [1.82, 2.24) is 10.6 Å². The van der Waals surface area contributed by atoms with Crippen LogP contribution in [0.1, 0.15) is 73.1 Å². The maximum Gasteiger partial charge on any atom is 0.254 e. The molecule has 0 aromatic rings. The van der Waals surface area contributed by atoms with Crippen LogP contribution >= 0.6 is 0 Å². The molecule has 0 radical (unpaired) electrons. The van der Waals surface area contributed by atoms with Crippen molar-refractivity contribution in [1.29, 1.82) is 0 Å². The monoisotopic (exact) mass is 267 g/mol. The van der Waals surface area contributed by atoms with Gasteiger partial charge in [0.05, 0.1) is 0 Å². The highest BCUT2D eigenvalue weighted by atomic mass is 16.2. The molecule has 1 rings (SSSR count). The highest BCUT2D eigenvalue weighted by Crippen LogP contribution is 2.24. The number of carbonyl (C=O) groups excluding carboxylic acids is 1. The van der Waals surface area contributed by atoms with Gasteiger partial charge in [-0.15, -0.1) is 0 Å². The minimum Gasteiger partial charge on any atom is -0.351 e. The maximum absolute atomic E-state index is 12.0. The molecule has 1 amide bonds. The molecule has 1 aliphatic heterocycles. The van der Waals surface area contributed by atoms with E-state index in [1.54, 1.807) is 0 Å². The van der Waals surface area contributed by atoms with Gasteiger partial charge < -0.3 is 5.32 Å². The van der Waals surface area contributed by atoms with Gasteiger partial charge in [0.2, 0.25) is 0 Å². The van der Waals surface area contributed by atoms with Gasteiger partial charge in [0.15, 0.2) is 5.96 Å². The second-order valence-electron chi connectivity index (χ2n) is 6.73. The van der Waals surface area contributed by atoms with Gasteiger partial charge >= 0.3 is 0 Å². The molecule has 0 fully saturated rings. The van der Waals surface area contributed by atoms with Crippen LogP contribution in [0.25, 0.3) is 0 Å². The normalized spacial score (nSPS) is 23.2. The fraction of sp³-hybridized carbons (Fsp3) is 0.867. The maximum atomic E-state index is 12.0. The Hall–Kier alpha value is -1.06. The standard InChI is InChI=1S/C15H29N3O/c1-6-7-8-9-10-11-15(5)12(19)16-13(18-15)17-14(2,3)4/h6-11H2,1-5H3,(H2,16,17,18,19).